The molecule has 0 radical (unpaired) electrons. The predicted octanol–water partition coefficient (Wildman–Crippen LogP) is 24.5. The summed E-state index contributed by atoms with van der Waals surface area (Å²) in [7, 11) is -0.410. The first kappa shape index (κ1) is 108. The minimum Gasteiger partial charge on any atom is -0.508 e. The number of nitrogens with one attached hydrogen (secondary N) is 4. The summed E-state index contributed by atoms with van der Waals surface area (Å²) in [6.45, 7) is 35.2. The lowest BCUT2D eigenvalue weighted by Gasteiger charge is -2.32. The van der Waals surface area contributed by atoms with Crippen LogP contribution in [0.25, 0.3) is 55.6 Å². The van der Waals surface area contributed by atoms with Crippen molar-refractivity contribution in [2.45, 2.75) is 196 Å². The second kappa shape index (κ2) is 51.9. The molecule has 4 aliphatic rings. The number of fused-ring (bicyclic) bond motifs is 9. The molecule has 23 nitrogen and oxygen atoms in total. The van der Waals surface area contributed by atoms with Crippen molar-refractivity contribution in [2.24, 2.45) is 5.73 Å². The van der Waals surface area contributed by atoms with Gasteiger partial charge in [0.25, 0.3) is 0 Å². The molecule has 1 saturated heterocycles. The van der Waals surface area contributed by atoms with Gasteiger partial charge in [-0.2, -0.15) is 0 Å². The van der Waals surface area contributed by atoms with Crippen molar-refractivity contribution < 1.29 is 71.5 Å². The second-order valence-corrected chi connectivity index (χ2v) is 40.5. The fourth-order valence-electron chi connectivity index (χ4n) is 14.0. The molecule has 0 saturated carbocycles. The van der Waals surface area contributed by atoms with Crippen molar-refractivity contribution in [1.29, 1.82) is 0 Å². The Labute approximate surface area is 830 Å². The van der Waals surface area contributed by atoms with Crippen molar-refractivity contribution in [2.75, 3.05) is 64.5 Å². The van der Waals surface area contributed by atoms with E-state index in [1.807, 2.05) is 214 Å². The van der Waals surface area contributed by atoms with Crippen LogP contribution >= 0.6 is 63.7 Å². The topological polar surface area (TPSA) is 294 Å². The smallest absolute Gasteiger partial charge is 0.494 e. The van der Waals surface area contributed by atoms with Crippen LogP contribution in [0.3, 0.4) is 0 Å². The number of alkyl halides is 1. The third kappa shape index (κ3) is 36.3. The number of benzene rings is 8. The van der Waals surface area contributed by atoms with E-state index in [1.165, 1.54) is 66.9 Å². The maximum absolute atomic E-state index is 11.7. The van der Waals surface area contributed by atoms with E-state index in [2.05, 4.69) is 209 Å². The summed E-state index contributed by atoms with van der Waals surface area (Å²) in [6.07, 6.45) is 10.7. The highest BCUT2D eigenvalue weighted by Gasteiger charge is 2.52. The Kier molecular flexibility index (Phi) is 41.5. The number of carbonyl (C=O) groups is 4. The lowest BCUT2D eigenvalue weighted by molar-refractivity contribution is 0.00578. The largest absolute Gasteiger partial charge is 0.508 e. The Morgan fingerprint density at radius 1 is 0.393 bits per heavy atom. The van der Waals surface area contributed by atoms with Crippen LogP contribution in [0.15, 0.2) is 244 Å². The number of alkyl carbamates (subject to hydrolysis) is 4. The van der Waals surface area contributed by atoms with Gasteiger partial charge < -0.3 is 79.3 Å². The first-order valence-corrected chi connectivity index (χ1v) is 49.0. The number of halogens is 4. The molecule has 4 heterocycles. The first-order chi connectivity index (χ1) is 64.1. The molecule has 1 aliphatic heterocycles. The molecule has 8 aromatic carbocycles. The van der Waals surface area contributed by atoms with Crippen molar-refractivity contribution in [3.05, 3.63) is 278 Å². The SMILES string of the molecule is Brc1ccnc2c1-c1ccccc1C2.CC(C)(C)OC(=O)NCCCBr.CC(C)(C)OC(=O)NCCCOc1cccc(-c2ccnc3c2-c2ccccc2C3)c1.CC(C)(C)OC(=O)NCCCOc1cccc(B2OC(C)(C)C(C)(C)O2)c1.CC(C)(C)OC(=O)NCCCOc1cccc(Br)c1.NCCCOc1cccc(-c2ccnc3c2-c2ccccc2C3)c1.Oc1cccc(Br)c1. The van der Waals surface area contributed by atoms with Gasteiger partial charge in [0.05, 0.1) is 54.7 Å². The molecule has 15 rings (SSSR count). The van der Waals surface area contributed by atoms with E-state index in [1.54, 1.807) is 18.2 Å². The minimum atomic E-state index is -0.492. The monoisotopic (exact) mass is 2090 g/mol. The molecular formula is C107H129BBr4N8O15. The fourth-order valence-corrected chi connectivity index (χ4v) is 15.6. The zero-order valence-corrected chi connectivity index (χ0v) is 86.7. The molecular weight excluding hydrogens is 1970 g/mol. The summed E-state index contributed by atoms with van der Waals surface area (Å²) in [5, 5.41) is 20.5. The highest BCUT2D eigenvalue weighted by molar-refractivity contribution is 9.11. The van der Waals surface area contributed by atoms with Gasteiger partial charge in [0.1, 0.15) is 51.2 Å². The maximum atomic E-state index is 11.7. The quantitative estimate of drug-likeness (QED) is 0.0134. The van der Waals surface area contributed by atoms with Crippen LogP contribution < -0.4 is 51.4 Å². The standard InChI is InChI=1S/C26H28N2O3.C21H20N2O.C20H32BNO5.C14H20BrNO3.C12H8BrN.C8H16BrNO2.C6H5BrO/c1-26(2,3)31-25(29)28-13-7-15-30-20-10-6-9-18(16-20)22-12-14-27-23-17-19-8-4-5-11-21(19)24(22)23;22-10-4-12-24-17-7-3-6-15(13-17)19-9-11-23-20-14-16-5-1-2-8-18(16)21(19)20;1-18(2,3)25-17(23)22-12-9-13-24-16-11-8-10-15(14-16)21-26-19(4,5)20(6,7)27-21;1-14(2,3)19-13(17)16-8-5-9-18-12-7-4-6-11(15)10-12;13-10-5-6-14-11-7-8-3-1-2-4-9(8)12(10)11;1-8(2,3)12-7(11)10-6-4-5-9;7-5-2-1-3-6(8)4-5/h4-6,8-12,14,16H,7,13,15,17H2,1-3H3,(H,28,29);1-3,5-9,11,13H,4,10,12,14,22H2;8,10-11,14H,9,12-13H2,1-7H3,(H,22,23);4,6-7,10H,5,8-9H2,1-3H3,(H,16,17);1-6H,7H2;4-6H2,1-3H3,(H,10,11);1-4,8H. The number of carbonyl (C=O) groups excluding carboxylic acids is 4. The van der Waals surface area contributed by atoms with Gasteiger partial charge in [-0.1, -0.05) is 185 Å². The molecule has 135 heavy (non-hydrogen) atoms. The molecule has 0 bridgehead atoms. The molecule has 0 unspecified atom stereocenters. The highest BCUT2D eigenvalue weighted by Crippen LogP contribution is 2.45. The Bertz CT molecular complexity index is 5650. The number of amides is 4. The second-order valence-electron chi connectivity index (χ2n) is 37.0. The molecule has 4 amide bonds. The lowest BCUT2D eigenvalue weighted by Crippen LogP contribution is -2.41. The molecule has 1 fully saturated rings. The molecule has 7 N–H and O–H groups in total. The van der Waals surface area contributed by atoms with Crippen LogP contribution in [-0.4, -0.2) is 150 Å². The summed E-state index contributed by atoms with van der Waals surface area (Å²) in [5.41, 5.74) is 23.7. The number of pyridine rings is 3. The number of phenols is 1. The van der Waals surface area contributed by atoms with Crippen LogP contribution in [0.1, 0.15) is 177 Å². The van der Waals surface area contributed by atoms with Gasteiger partial charge in [-0.15, -0.1) is 0 Å². The number of hydrogen-bond acceptors (Lipinski definition) is 19. The fraction of sp³-hybridized carbons (Fsp3) is 0.374. The Balaban J connectivity index is 0.000000183. The third-order valence-electron chi connectivity index (χ3n) is 20.6. The number of rotatable bonds is 25. The molecule has 28 heteroatoms. The van der Waals surface area contributed by atoms with E-state index in [0.29, 0.717) is 77.7 Å². The predicted molar refractivity (Wildman–Crippen MR) is 553 cm³/mol. The normalized spacial score (nSPS) is 12.9. The van der Waals surface area contributed by atoms with Gasteiger partial charge in [-0.3, -0.25) is 15.0 Å². The van der Waals surface area contributed by atoms with Crippen LogP contribution in [-0.2, 0) is 47.5 Å². The van der Waals surface area contributed by atoms with Crippen molar-refractivity contribution in [3.63, 3.8) is 0 Å². The number of hydrogen-bond donors (Lipinski definition) is 6. The minimum absolute atomic E-state index is 0.291. The third-order valence-corrected chi connectivity index (χ3v) is 22.8. The van der Waals surface area contributed by atoms with Gasteiger partial charge in [-0.05, 0) is 302 Å². The number of aromatic nitrogens is 3. The molecule has 0 atom stereocenters. The molecule has 0 spiro atoms. The zero-order valence-electron chi connectivity index (χ0n) is 80.3. The Morgan fingerprint density at radius 2 is 0.726 bits per heavy atom. The van der Waals surface area contributed by atoms with Crippen LogP contribution in [0.4, 0.5) is 19.2 Å². The number of nitrogens with two attached hydrogens (primary N) is 1. The van der Waals surface area contributed by atoms with E-state index in [4.69, 9.17) is 58.0 Å². The lowest BCUT2D eigenvalue weighted by atomic mass is 9.79. The Morgan fingerprint density at radius 3 is 1.10 bits per heavy atom. The van der Waals surface area contributed by atoms with Gasteiger partial charge in [0, 0.05) is 99.5 Å². The number of aromatic hydroxyl groups is 1. The first-order valence-electron chi connectivity index (χ1n) is 45.5. The highest BCUT2D eigenvalue weighted by atomic mass is 79.9. The zero-order chi connectivity index (χ0) is 97.9. The van der Waals surface area contributed by atoms with E-state index in [0.717, 1.165) is 108 Å². The molecule has 11 aromatic rings. The molecule has 3 aliphatic carbocycles. The van der Waals surface area contributed by atoms with Gasteiger partial charge in [0.15, 0.2) is 0 Å². The van der Waals surface area contributed by atoms with E-state index in [9.17, 15) is 19.2 Å². The number of nitrogens with zero attached hydrogens (tertiary/aromatic N) is 3. The van der Waals surface area contributed by atoms with Crippen molar-refractivity contribution in [1.82, 2.24) is 36.2 Å². The van der Waals surface area contributed by atoms with Gasteiger partial charge in [-0.25, -0.2) is 19.2 Å². The van der Waals surface area contributed by atoms with Gasteiger partial charge in [0.2, 0.25) is 0 Å². The number of phenolic OH excluding ortho intramolecular Hbond substituents is 1. The summed E-state index contributed by atoms with van der Waals surface area (Å²) < 4.78 is 58.8. The molecule has 3 aromatic heterocycles. The van der Waals surface area contributed by atoms with E-state index < -0.39 is 47.8 Å². The Hall–Kier alpha value is -10.8. The van der Waals surface area contributed by atoms with Crippen LogP contribution in [0.2, 0.25) is 0 Å². The number of ether oxygens (including phenoxy) is 8. The summed E-state index contributed by atoms with van der Waals surface area (Å²) >= 11 is 13.4. The molecule has 718 valence electrons. The average Bonchev–Trinajstić information content (AvgIpc) is 1.64. The summed E-state index contributed by atoms with van der Waals surface area (Å²) in [5.74, 6) is 3.55. The van der Waals surface area contributed by atoms with E-state index >= 15 is 0 Å². The van der Waals surface area contributed by atoms with Crippen LogP contribution in [0, 0.1) is 0 Å². The summed E-state index contributed by atoms with van der Waals surface area (Å²) in [6, 6.07) is 70.4. The average molecular weight is 2100 g/mol. The van der Waals surface area contributed by atoms with Gasteiger partial charge >= 0.3 is 31.5 Å². The van der Waals surface area contributed by atoms with Crippen molar-refractivity contribution >= 4 is 101 Å². The maximum Gasteiger partial charge on any atom is 0.494 e. The van der Waals surface area contributed by atoms with Crippen LogP contribution in [0.5, 0.6) is 28.7 Å². The van der Waals surface area contributed by atoms with E-state index in [-0.39, 0.29) is 17.3 Å². The van der Waals surface area contributed by atoms with Crippen molar-refractivity contribution in [3.8, 4) is 84.4 Å². The summed E-state index contributed by atoms with van der Waals surface area (Å²) in [4.78, 5) is 59.2.